The lowest BCUT2D eigenvalue weighted by atomic mass is 10.0. The van der Waals surface area contributed by atoms with Gasteiger partial charge in [-0.05, 0) is 24.8 Å². The smallest absolute Gasteiger partial charge is 0.307 e. The fourth-order valence-electron chi connectivity index (χ4n) is 2.09. The van der Waals surface area contributed by atoms with Crippen molar-refractivity contribution >= 4 is 5.97 Å². The zero-order chi connectivity index (χ0) is 14.3. The highest BCUT2D eigenvalue weighted by Gasteiger charge is 1.95. The summed E-state index contributed by atoms with van der Waals surface area (Å²) in [4.78, 5) is 10.5. The fraction of sp³-hybridized carbons (Fsp3) is 0.824. The highest BCUT2D eigenvalue weighted by Crippen LogP contribution is 2.13. The molecule has 0 unspecified atom stereocenters. The van der Waals surface area contributed by atoms with Crippen LogP contribution in [0.25, 0.3) is 0 Å². The van der Waals surface area contributed by atoms with Crippen LogP contribution in [0.3, 0.4) is 0 Å². The maximum atomic E-state index is 10.5. The van der Waals surface area contributed by atoms with Gasteiger partial charge in [0.15, 0.2) is 0 Å². The molecule has 0 aliphatic heterocycles. The molecule has 0 saturated heterocycles. The van der Waals surface area contributed by atoms with Gasteiger partial charge in [-0.3, -0.25) is 4.79 Å². The lowest BCUT2D eigenvalue weighted by Gasteiger charge is -2.04. The van der Waals surface area contributed by atoms with E-state index >= 15 is 0 Å². The quantitative estimate of drug-likeness (QED) is 0.261. The Hall–Kier alpha value is -0.790. The predicted molar refractivity (Wildman–Crippen MR) is 81.9 cm³/mol. The molecule has 0 saturated carbocycles. The average molecular weight is 268 g/mol. The Bertz CT molecular complexity index is 231. The van der Waals surface area contributed by atoms with Gasteiger partial charge in [0.2, 0.25) is 0 Å². The molecule has 0 radical (unpaired) electrons. The van der Waals surface area contributed by atoms with Crippen molar-refractivity contribution in [2.75, 3.05) is 0 Å². The summed E-state index contributed by atoms with van der Waals surface area (Å²) in [5, 5.41) is 0. The lowest BCUT2D eigenvalue weighted by Crippen LogP contribution is -1.89. The third-order valence-electron chi connectivity index (χ3n) is 3.23. The molecule has 0 aromatic carbocycles. The van der Waals surface area contributed by atoms with E-state index in [2.05, 4.69) is 13.8 Å². The highest BCUT2D eigenvalue weighted by atomic mass is 16.5. The molecule has 2 heteroatoms. The summed E-state index contributed by atoms with van der Waals surface area (Å²) < 4.78 is 4.72. The average Bonchev–Trinajstić information content (AvgIpc) is 2.34. The van der Waals surface area contributed by atoms with Crippen molar-refractivity contribution in [3.8, 4) is 0 Å². The van der Waals surface area contributed by atoms with Crippen molar-refractivity contribution in [1.82, 2.24) is 0 Å². The van der Waals surface area contributed by atoms with Gasteiger partial charge in [0.05, 0.1) is 6.26 Å². The minimum Gasteiger partial charge on any atom is -0.435 e. The first kappa shape index (κ1) is 18.2. The topological polar surface area (TPSA) is 26.3 Å². The van der Waals surface area contributed by atoms with Crippen LogP contribution in [0.1, 0.15) is 85.0 Å². The van der Waals surface area contributed by atoms with Crippen LogP contribution in [0.2, 0.25) is 0 Å². The monoisotopic (exact) mass is 268 g/mol. The molecule has 0 aliphatic rings. The van der Waals surface area contributed by atoms with E-state index in [1.807, 2.05) is 6.08 Å². The fourth-order valence-corrected chi connectivity index (χ4v) is 2.09. The zero-order valence-corrected chi connectivity index (χ0v) is 13.1. The summed E-state index contributed by atoms with van der Waals surface area (Å²) in [5.41, 5.74) is 0. The Kier molecular flexibility index (Phi) is 13.1. The minimum atomic E-state index is -0.242. The van der Waals surface area contributed by atoms with E-state index < -0.39 is 0 Å². The van der Waals surface area contributed by atoms with Gasteiger partial charge in [0.1, 0.15) is 0 Å². The van der Waals surface area contributed by atoms with Crippen molar-refractivity contribution in [3.05, 3.63) is 12.3 Å². The second kappa shape index (κ2) is 13.6. The molecule has 0 aromatic rings. The van der Waals surface area contributed by atoms with Crippen LogP contribution in [0.4, 0.5) is 0 Å². The molecule has 0 spiro atoms. The third kappa shape index (κ3) is 17.2. The van der Waals surface area contributed by atoms with E-state index in [1.165, 1.54) is 71.0 Å². The maximum absolute atomic E-state index is 10.5. The van der Waals surface area contributed by atoms with E-state index in [1.54, 1.807) is 0 Å². The van der Waals surface area contributed by atoms with Crippen LogP contribution in [0, 0.1) is 5.92 Å². The number of ether oxygens (including phenoxy) is 1. The third-order valence-corrected chi connectivity index (χ3v) is 3.23. The molecule has 0 rings (SSSR count). The first-order valence-electron chi connectivity index (χ1n) is 7.95. The number of allylic oxidation sites excluding steroid dienone is 1. The molecule has 0 atom stereocenters. The van der Waals surface area contributed by atoms with Crippen LogP contribution in [-0.2, 0) is 9.53 Å². The molecule has 0 aliphatic carbocycles. The molecule has 19 heavy (non-hydrogen) atoms. The Balaban J connectivity index is 3.07. The summed E-state index contributed by atoms with van der Waals surface area (Å²) in [6.07, 6.45) is 16.6. The van der Waals surface area contributed by atoms with Crippen LogP contribution in [0.15, 0.2) is 12.3 Å². The summed E-state index contributed by atoms with van der Waals surface area (Å²) in [6, 6.07) is 0. The summed E-state index contributed by atoms with van der Waals surface area (Å²) in [7, 11) is 0. The number of carbonyl (C=O) groups is 1. The standard InChI is InChI=1S/C17H32O2/c1-16(2)14-12-10-8-6-4-5-7-9-11-13-15-19-17(3)18/h13,15-16H,4-12,14H2,1-3H3. The molecule has 0 bridgehead atoms. The minimum absolute atomic E-state index is 0.242. The number of hydrogen-bond acceptors (Lipinski definition) is 2. The van der Waals surface area contributed by atoms with Gasteiger partial charge in [-0.15, -0.1) is 0 Å². The van der Waals surface area contributed by atoms with E-state index in [9.17, 15) is 4.79 Å². The number of rotatable bonds is 12. The highest BCUT2D eigenvalue weighted by molar-refractivity contribution is 5.66. The van der Waals surface area contributed by atoms with E-state index in [0.29, 0.717) is 0 Å². The molecule has 0 aromatic heterocycles. The molecule has 2 nitrogen and oxygen atoms in total. The summed E-state index contributed by atoms with van der Waals surface area (Å²) in [5.74, 6) is 0.619. The Morgan fingerprint density at radius 2 is 1.47 bits per heavy atom. The molecule has 112 valence electrons. The number of unbranched alkanes of at least 4 members (excludes halogenated alkanes) is 8. The van der Waals surface area contributed by atoms with Crippen LogP contribution < -0.4 is 0 Å². The Morgan fingerprint density at radius 1 is 0.947 bits per heavy atom. The molecule has 0 fully saturated rings. The normalized spacial score (nSPS) is 11.4. The van der Waals surface area contributed by atoms with Gasteiger partial charge in [-0.1, -0.05) is 65.2 Å². The summed E-state index contributed by atoms with van der Waals surface area (Å²) in [6.45, 7) is 6.03. The molecular weight excluding hydrogens is 236 g/mol. The SMILES string of the molecule is CC(=O)OC=CCCCCCCCCCCC(C)C. The van der Waals surface area contributed by atoms with Gasteiger partial charge in [0, 0.05) is 6.92 Å². The van der Waals surface area contributed by atoms with Crippen molar-refractivity contribution in [2.45, 2.75) is 85.0 Å². The zero-order valence-electron chi connectivity index (χ0n) is 13.1. The van der Waals surface area contributed by atoms with Crippen LogP contribution in [0.5, 0.6) is 0 Å². The van der Waals surface area contributed by atoms with Crippen LogP contribution >= 0.6 is 0 Å². The van der Waals surface area contributed by atoms with Crippen LogP contribution in [-0.4, -0.2) is 5.97 Å². The van der Waals surface area contributed by atoms with Crippen molar-refractivity contribution in [2.24, 2.45) is 5.92 Å². The molecule has 0 N–H and O–H groups in total. The van der Waals surface area contributed by atoms with Gasteiger partial charge < -0.3 is 4.74 Å². The second-order valence-electron chi connectivity index (χ2n) is 5.78. The molecule has 0 amide bonds. The Morgan fingerprint density at radius 3 is 2.00 bits per heavy atom. The van der Waals surface area contributed by atoms with Crippen molar-refractivity contribution in [1.29, 1.82) is 0 Å². The number of esters is 1. The van der Waals surface area contributed by atoms with Gasteiger partial charge in [-0.25, -0.2) is 0 Å². The second-order valence-corrected chi connectivity index (χ2v) is 5.78. The van der Waals surface area contributed by atoms with Crippen molar-refractivity contribution < 1.29 is 9.53 Å². The summed E-state index contributed by atoms with van der Waals surface area (Å²) >= 11 is 0. The van der Waals surface area contributed by atoms with E-state index in [-0.39, 0.29) is 5.97 Å². The Labute approximate surface area is 119 Å². The number of carbonyl (C=O) groups excluding carboxylic acids is 1. The van der Waals surface area contributed by atoms with Gasteiger partial charge in [0.25, 0.3) is 0 Å². The maximum Gasteiger partial charge on any atom is 0.307 e. The first-order chi connectivity index (χ1) is 9.13. The van der Waals surface area contributed by atoms with E-state index in [0.717, 1.165) is 12.3 Å². The first-order valence-corrected chi connectivity index (χ1v) is 7.95. The largest absolute Gasteiger partial charge is 0.435 e. The van der Waals surface area contributed by atoms with E-state index in [4.69, 9.17) is 4.74 Å². The molecule has 0 heterocycles. The molecular formula is C17H32O2. The lowest BCUT2D eigenvalue weighted by molar-refractivity contribution is -0.135. The number of hydrogen-bond donors (Lipinski definition) is 0. The van der Waals surface area contributed by atoms with Crippen molar-refractivity contribution in [3.63, 3.8) is 0 Å². The predicted octanol–water partition coefficient (Wildman–Crippen LogP) is 5.62. The van der Waals surface area contributed by atoms with Gasteiger partial charge in [-0.2, -0.15) is 0 Å². The van der Waals surface area contributed by atoms with Gasteiger partial charge >= 0.3 is 5.97 Å².